The molecule has 1 amide bonds. The molecule has 1 aliphatic rings. The molecule has 0 radical (unpaired) electrons. The third-order valence-corrected chi connectivity index (χ3v) is 3.43. The predicted molar refractivity (Wildman–Crippen MR) is 71.9 cm³/mol. The first-order valence-electron chi connectivity index (χ1n) is 6.80. The lowest BCUT2D eigenvalue weighted by Crippen LogP contribution is -2.54. The van der Waals surface area contributed by atoms with E-state index in [2.05, 4.69) is 0 Å². The van der Waals surface area contributed by atoms with Crippen molar-refractivity contribution in [2.24, 2.45) is 17.8 Å². The molecule has 0 bridgehead atoms. The molecule has 0 aromatic rings. The molecule has 0 aromatic heterocycles. The second-order valence-electron chi connectivity index (χ2n) is 6.65. The molecule has 5 nitrogen and oxygen atoms in total. The lowest BCUT2D eigenvalue weighted by atomic mass is 9.77. The molecule has 0 aromatic carbocycles. The number of ether oxygens (including phenoxy) is 1. The minimum atomic E-state index is -0.769. The van der Waals surface area contributed by atoms with Crippen molar-refractivity contribution >= 4 is 12.1 Å². The van der Waals surface area contributed by atoms with E-state index >= 15 is 0 Å². The Morgan fingerprint density at radius 2 is 1.84 bits per heavy atom. The highest BCUT2D eigenvalue weighted by Gasteiger charge is 2.39. The third-order valence-electron chi connectivity index (χ3n) is 3.43. The maximum absolute atomic E-state index is 11.8. The number of nitrogens with zero attached hydrogens (tertiary/aromatic N) is 1. The van der Waals surface area contributed by atoms with Gasteiger partial charge >= 0.3 is 12.1 Å². The van der Waals surface area contributed by atoms with Gasteiger partial charge in [-0.25, -0.2) is 4.79 Å². The predicted octanol–water partition coefficient (Wildman–Crippen LogP) is 2.60. The number of carboxylic acid groups (broad SMARTS) is 1. The Morgan fingerprint density at radius 3 is 2.21 bits per heavy atom. The zero-order chi connectivity index (χ0) is 14.8. The van der Waals surface area contributed by atoms with Crippen LogP contribution in [0.15, 0.2) is 0 Å². The molecule has 1 fully saturated rings. The van der Waals surface area contributed by atoms with Crippen LogP contribution >= 0.6 is 0 Å². The van der Waals surface area contributed by atoms with Crippen LogP contribution in [-0.2, 0) is 9.53 Å². The second kappa shape index (κ2) is 5.80. The van der Waals surface area contributed by atoms with Gasteiger partial charge in [-0.05, 0) is 38.5 Å². The van der Waals surface area contributed by atoms with Gasteiger partial charge in [-0.3, -0.25) is 4.79 Å². The SMILES string of the molecule is CC(C)C(CC(=O)O)C1CN(C(=O)OC(C)(C)C)C1. The van der Waals surface area contributed by atoms with E-state index in [1.807, 2.05) is 34.6 Å². The summed E-state index contributed by atoms with van der Waals surface area (Å²) in [5, 5.41) is 8.92. The van der Waals surface area contributed by atoms with Gasteiger partial charge < -0.3 is 14.7 Å². The molecule has 1 N–H and O–H groups in total. The van der Waals surface area contributed by atoms with Crippen molar-refractivity contribution in [3.63, 3.8) is 0 Å². The summed E-state index contributed by atoms with van der Waals surface area (Å²) in [7, 11) is 0. The van der Waals surface area contributed by atoms with Crippen LogP contribution in [0.3, 0.4) is 0 Å². The van der Waals surface area contributed by atoms with Crippen molar-refractivity contribution in [2.45, 2.75) is 46.6 Å². The molecule has 19 heavy (non-hydrogen) atoms. The normalized spacial score (nSPS) is 18.1. The number of likely N-dealkylation sites (tertiary alicyclic amines) is 1. The van der Waals surface area contributed by atoms with Gasteiger partial charge in [-0.1, -0.05) is 13.8 Å². The third kappa shape index (κ3) is 4.73. The minimum Gasteiger partial charge on any atom is -0.481 e. The Kier molecular flexibility index (Phi) is 4.82. The van der Waals surface area contributed by atoms with Gasteiger partial charge in [0.1, 0.15) is 5.60 Å². The first-order valence-corrected chi connectivity index (χ1v) is 6.80. The fraction of sp³-hybridized carbons (Fsp3) is 0.857. The fourth-order valence-electron chi connectivity index (χ4n) is 2.41. The zero-order valence-corrected chi connectivity index (χ0v) is 12.5. The monoisotopic (exact) mass is 271 g/mol. The Balaban J connectivity index is 2.47. The summed E-state index contributed by atoms with van der Waals surface area (Å²) in [4.78, 5) is 24.3. The van der Waals surface area contributed by atoms with E-state index < -0.39 is 11.6 Å². The van der Waals surface area contributed by atoms with Crippen molar-refractivity contribution in [3.05, 3.63) is 0 Å². The molecule has 1 saturated heterocycles. The molecule has 110 valence electrons. The van der Waals surface area contributed by atoms with E-state index in [9.17, 15) is 9.59 Å². The van der Waals surface area contributed by atoms with Crippen LogP contribution in [0, 0.1) is 17.8 Å². The second-order valence-corrected chi connectivity index (χ2v) is 6.65. The molecule has 5 heteroatoms. The number of aliphatic carboxylic acids is 1. The van der Waals surface area contributed by atoms with E-state index in [4.69, 9.17) is 9.84 Å². The topological polar surface area (TPSA) is 66.8 Å². The van der Waals surface area contributed by atoms with Gasteiger partial charge in [0.25, 0.3) is 0 Å². The maximum Gasteiger partial charge on any atom is 0.410 e. The van der Waals surface area contributed by atoms with E-state index in [-0.39, 0.29) is 24.3 Å². The maximum atomic E-state index is 11.8. The van der Waals surface area contributed by atoms with E-state index in [1.54, 1.807) is 4.90 Å². The molecule has 1 heterocycles. The summed E-state index contributed by atoms with van der Waals surface area (Å²) in [6.07, 6.45) is -0.133. The average Bonchev–Trinajstić information content (AvgIpc) is 2.09. The summed E-state index contributed by atoms with van der Waals surface area (Å²) >= 11 is 0. The van der Waals surface area contributed by atoms with Gasteiger partial charge in [0, 0.05) is 19.5 Å². The van der Waals surface area contributed by atoms with Crippen LogP contribution in [0.25, 0.3) is 0 Å². The number of carboxylic acids is 1. The van der Waals surface area contributed by atoms with Gasteiger partial charge in [-0.15, -0.1) is 0 Å². The number of carbonyl (C=O) groups is 2. The first-order chi connectivity index (χ1) is 8.60. The Labute approximate surface area is 114 Å². The van der Waals surface area contributed by atoms with Gasteiger partial charge in [0.05, 0.1) is 0 Å². The molecule has 1 unspecified atom stereocenters. The summed E-state index contributed by atoms with van der Waals surface area (Å²) in [6, 6.07) is 0. The Bertz CT molecular complexity index is 340. The van der Waals surface area contributed by atoms with Crippen molar-refractivity contribution in [1.29, 1.82) is 0 Å². The van der Waals surface area contributed by atoms with Crippen LogP contribution < -0.4 is 0 Å². The number of carbonyl (C=O) groups excluding carboxylic acids is 1. The molecule has 0 spiro atoms. The number of rotatable bonds is 4. The zero-order valence-electron chi connectivity index (χ0n) is 12.5. The van der Waals surface area contributed by atoms with E-state index in [0.29, 0.717) is 19.0 Å². The van der Waals surface area contributed by atoms with Crippen LogP contribution in [-0.4, -0.2) is 40.8 Å². The molecule has 1 rings (SSSR count). The quantitative estimate of drug-likeness (QED) is 0.853. The first kappa shape index (κ1) is 15.8. The van der Waals surface area contributed by atoms with Crippen molar-refractivity contribution in [1.82, 2.24) is 4.90 Å². The smallest absolute Gasteiger partial charge is 0.410 e. The molecule has 0 aliphatic carbocycles. The number of hydrogen-bond donors (Lipinski definition) is 1. The van der Waals surface area contributed by atoms with Crippen molar-refractivity contribution in [3.8, 4) is 0 Å². The molecular weight excluding hydrogens is 246 g/mol. The van der Waals surface area contributed by atoms with Gasteiger partial charge in [-0.2, -0.15) is 0 Å². The van der Waals surface area contributed by atoms with Crippen LogP contribution in [0.2, 0.25) is 0 Å². The Hall–Kier alpha value is -1.26. The largest absolute Gasteiger partial charge is 0.481 e. The summed E-state index contributed by atoms with van der Waals surface area (Å²) in [5.41, 5.74) is -0.485. The highest BCUT2D eigenvalue weighted by atomic mass is 16.6. The van der Waals surface area contributed by atoms with Crippen molar-refractivity contribution in [2.75, 3.05) is 13.1 Å². The summed E-state index contributed by atoms with van der Waals surface area (Å²) in [5.74, 6) is -0.0730. The average molecular weight is 271 g/mol. The number of hydrogen-bond acceptors (Lipinski definition) is 3. The van der Waals surface area contributed by atoms with Crippen LogP contribution in [0.4, 0.5) is 4.79 Å². The number of amides is 1. The van der Waals surface area contributed by atoms with E-state index in [1.165, 1.54) is 0 Å². The molecular formula is C14H25NO4. The van der Waals surface area contributed by atoms with Gasteiger partial charge in [0.15, 0.2) is 0 Å². The standard InChI is InChI=1S/C14H25NO4/c1-9(2)11(6-12(16)17)10-7-15(8-10)13(18)19-14(3,4)5/h9-11H,6-8H2,1-5H3,(H,16,17). The Morgan fingerprint density at radius 1 is 1.32 bits per heavy atom. The summed E-state index contributed by atoms with van der Waals surface area (Å²) in [6.45, 7) is 10.8. The lowest BCUT2D eigenvalue weighted by Gasteiger charge is -2.44. The fourth-order valence-corrected chi connectivity index (χ4v) is 2.41. The minimum absolute atomic E-state index is 0.121. The van der Waals surface area contributed by atoms with E-state index in [0.717, 1.165) is 0 Å². The highest BCUT2D eigenvalue weighted by Crippen LogP contribution is 2.32. The molecule has 1 aliphatic heterocycles. The summed E-state index contributed by atoms with van der Waals surface area (Å²) < 4.78 is 5.28. The molecule has 0 saturated carbocycles. The van der Waals surface area contributed by atoms with Crippen LogP contribution in [0.1, 0.15) is 41.0 Å². The lowest BCUT2D eigenvalue weighted by molar-refractivity contribution is -0.139. The van der Waals surface area contributed by atoms with Crippen LogP contribution in [0.5, 0.6) is 0 Å². The van der Waals surface area contributed by atoms with Gasteiger partial charge in [0.2, 0.25) is 0 Å². The molecule has 1 atom stereocenters. The highest BCUT2D eigenvalue weighted by molar-refractivity contribution is 5.69. The van der Waals surface area contributed by atoms with Crippen molar-refractivity contribution < 1.29 is 19.4 Å².